The molecule has 0 spiro atoms. The largest absolute Gasteiger partial charge is 0.368 e. The van der Waals surface area contributed by atoms with Gasteiger partial charge in [-0.2, -0.15) is 0 Å². The van der Waals surface area contributed by atoms with Crippen LogP contribution in [-0.4, -0.2) is 45.7 Å². The fourth-order valence-corrected chi connectivity index (χ4v) is 4.27. The average Bonchev–Trinajstić information content (AvgIpc) is 2.53. The quantitative estimate of drug-likeness (QED) is 0.695. The summed E-state index contributed by atoms with van der Waals surface area (Å²) in [5, 5.41) is 5.99. The number of hydrogen-bond donors (Lipinski definition) is 3. The summed E-state index contributed by atoms with van der Waals surface area (Å²) in [6, 6.07) is 6.23. The van der Waals surface area contributed by atoms with E-state index in [0.717, 1.165) is 0 Å². The van der Waals surface area contributed by atoms with Crippen molar-refractivity contribution in [2.24, 2.45) is 0 Å². The van der Waals surface area contributed by atoms with Crippen molar-refractivity contribution in [1.82, 2.24) is 10.0 Å². The minimum Gasteiger partial charge on any atom is -0.368 e. The van der Waals surface area contributed by atoms with Crippen molar-refractivity contribution in [3.63, 3.8) is 0 Å². The van der Waals surface area contributed by atoms with E-state index in [1.54, 1.807) is 32.9 Å². The van der Waals surface area contributed by atoms with E-state index in [-0.39, 0.29) is 23.2 Å². The second-order valence-corrected chi connectivity index (χ2v) is 8.97. The van der Waals surface area contributed by atoms with Crippen LogP contribution in [0.4, 0.5) is 5.69 Å². The molecule has 0 aromatic heterocycles. The van der Waals surface area contributed by atoms with E-state index in [2.05, 4.69) is 15.4 Å². The van der Waals surface area contributed by atoms with Gasteiger partial charge in [0.05, 0.1) is 4.90 Å². The summed E-state index contributed by atoms with van der Waals surface area (Å²) in [4.78, 5) is 12.8. The highest BCUT2D eigenvalue weighted by Crippen LogP contribution is 2.25. The zero-order chi connectivity index (χ0) is 18.7. The normalized spacial score (nSPS) is 17.2. The lowest BCUT2D eigenvalue weighted by Gasteiger charge is -2.34. The standard InChI is InChI=1S/C17H27N3O4S.ClH/c1-16(2,3)20-25(22,23)14-7-5-6-13(12-14)19-15(21)17(24-4)8-10-18-11-9-17;/h5-7,12,18,20H,8-11H2,1-4H3,(H,19,21);1H. The minimum absolute atomic E-state index is 0. The molecule has 1 amide bonds. The molecule has 3 N–H and O–H groups in total. The first-order valence-electron chi connectivity index (χ1n) is 8.29. The van der Waals surface area contributed by atoms with Crippen LogP contribution in [0.1, 0.15) is 33.6 Å². The number of ether oxygens (including phenoxy) is 1. The number of nitrogens with one attached hydrogen (secondary N) is 3. The van der Waals surface area contributed by atoms with Gasteiger partial charge in [0.2, 0.25) is 10.0 Å². The average molecular weight is 406 g/mol. The molecule has 1 aliphatic rings. The van der Waals surface area contributed by atoms with E-state index in [0.29, 0.717) is 31.6 Å². The lowest BCUT2D eigenvalue weighted by molar-refractivity contribution is -0.140. The first-order valence-corrected chi connectivity index (χ1v) is 9.78. The zero-order valence-corrected chi connectivity index (χ0v) is 17.2. The van der Waals surface area contributed by atoms with Gasteiger partial charge >= 0.3 is 0 Å². The zero-order valence-electron chi connectivity index (χ0n) is 15.6. The SMILES string of the molecule is COC1(C(=O)Nc2cccc(S(=O)(=O)NC(C)(C)C)c2)CCNCC1.Cl. The summed E-state index contributed by atoms with van der Waals surface area (Å²) in [5.74, 6) is -0.255. The molecule has 0 saturated carbocycles. The molecule has 148 valence electrons. The Bertz CT molecular complexity index is 726. The first kappa shape index (κ1) is 22.9. The number of hydrogen-bond acceptors (Lipinski definition) is 5. The number of carbonyl (C=O) groups is 1. The molecule has 1 aliphatic heterocycles. The Kier molecular flexibility index (Phi) is 7.62. The van der Waals surface area contributed by atoms with Crippen molar-refractivity contribution in [3.05, 3.63) is 24.3 Å². The molecule has 2 rings (SSSR count). The van der Waals surface area contributed by atoms with Crippen molar-refractivity contribution in [2.75, 3.05) is 25.5 Å². The summed E-state index contributed by atoms with van der Waals surface area (Å²) in [6.07, 6.45) is 1.14. The number of halogens is 1. The van der Waals surface area contributed by atoms with E-state index in [4.69, 9.17) is 4.74 Å². The number of piperidine rings is 1. The molecule has 7 nitrogen and oxygen atoms in total. The fraction of sp³-hybridized carbons (Fsp3) is 0.588. The molecule has 1 aromatic rings. The number of sulfonamides is 1. The molecule has 9 heteroatoms. The van der Waals surface area contributed by atoms with Crippen molar-refractivity contribution < 1.29 is 17.9 Å². The van der Waals surface area contributed by atoms with Gasteiger partial charge in [0.1, 0.15) is 5.60 Å². The van der Waals surface area contributed by atoms with Gasteiger partial charge in [-0.25, -0.2) is 13.1 Å². The molecular formula is C17H28ClN3O4S. The number of amides is 1. The van der Waals surface area contributed by atoms with Crippen molar-refractivity contribution >= 4 is 34.0 Å². The summed E-state index contributed by atoms with van der Waals surface area (Å²) in [5.41, 5.74) is -1.05. The Morgan fingerprint density at radius 2 is 1.85 bits per heavy atom. The van der Waals surface area contributed by atoms with Gasteiger partial charge in [-0.1, -0.05) is 6.07 Å². The maximum Gasteiger partial charge on any atom is 0.256 e. The van der Waals surface area contributed by atoms with E-state index in [9.17, 15) is 13.2 Å². The smallest absolute Gasteiger partial charge is 0.256 e. The van der Waals surface area contributed by atoms with Crippen molar-refractivity contribution in [1.29, 1.82) is 0 Å². The van der Waals surface area contributed by atoms with Crippen LogP contribution in [0.2, 0.25) is 0 Å². The monoisotopic (exact) mass is 405 g/mol. The Morgan fingerprint density at radius 1 is 1.23 bits per heavy atom. The van der Waals surface area contributed by atoms with Gasteiger partial charge in [-0.15, -0.1) is 12.4 Å². The molecule has 0 radical (unpaired) electrons. The van der Waals surface area contributed by atoms with E-state index in [1.807, 2.05) is 0 Å². The maximum atomic E-state index is 12.7. The van der Waals surface area contributed by atoms with Gasteiger partial charge in [0.25, 0.3) is 5.91 Å². The van der Waals surface area contributed by atoms with Gasteiger partial charge < -0.3 is 15.4 Å². The lowest BCUT2D eigenvalue weighted by Crippen LogP contribution is -2.51. The van der Waals surface area contributed by atoms with Crippen LogP contribution in [-0.2, 0) is 19.6 Å². The third-order valence-corrected chi connectivity index (χ3v) is 5.81. The van der Waals surface area contributed by atoms with Crippen LogP contribution in [0.5, 0.6) is 0 Å². The minimum atomic E-state index is -3.66. The van der Waals surface area contributed by atoms with Crippen LogP contribution in [0, 0.1) is 0 Å². The van der Waals surface area contributed by atoms with Crippen LogP contribution >= 0.6 is 12.4 Å². The molecule has 1 heterocycles. The molecule has 1 saturated heterocycles. The van der Waals surface area contributed by atoms with Crippen molar-refractivity contribution in [3.8, 4) is 0 Å². The van der Waals surface area contributed by atoms with Gasteiger partial charge in [-0.3, -0.25) is 4.79 Å². The van der Waals surface area contributed by atoms with Crippen LogP contribution in [0.3, 0.4) is 0 Å². The number of benzene rings is 1. The topological polar surface area (TPSA) is 96.5 Å². The molecule has 0 aliphatic carbocycles. The number of carbonyl (C=O) groups excluding carboxylic acids is 1. The van der Waals surface area contributed by atoms with Gasteiger partial charge in [0, 0.05) is 18.3 Å². The summed E-state index contributed by atoms with van der Waals surface area (Å²) < 4.78 is 33.0. The highest BCUT2D eigenvalue weighted by molar-refractivity contribution is 7.89. The van der Waals surface area contributed by atoms with Gasteiger partial charge in [-0.05, 0) is 64.9 Å². The van der Waals surface area contributed by atoms with Gasteiger partial charge in [0.15, 0.2) is 0 Å². The van der Waals surface area contributed by atoms with E-state index < -0.39 is 21.2 Å². The predicted octanol–water partition coefficient (Wildman–Crippen LogP) is 1.89. The number of anilines is 1. The maximum absolute atomic E-state index is 12.7. The van der Waals surface area contributed by atoms with Crippen LogP contribution in [0.25, 0.3) is 0 Å². The molecule has 26 heavy (non-hydrogen) atoms. The number of rotatable bonds is 5. The molecule has 0 atom stereocenters. The third kappa shape index (κ3) is 5.65. The van der Waals surface area contributed by atoms with Crippen LogP contribution < -0.4 is 15.4 Å². The molecule has 0 bridgehead atoms. The Labute approximate surface area is 161 Å². The highest BCUT2D eigenvalue weighted by Gasteiger charge is 2.39. The Balaban J connectivity index is 0.00000338. The van der Waals surface area contributed by atoms with Crippen molar-refractivity contribution in [2.45, 2.75) is 49.6 Å². The predicted molar refractivity (Wildman–Crippen MR) is 104 cm³/mol. The first-order chi connectivity index (χ1) is 11.6. The Hall–Kier alpha value is -1.19. The Morgan fingerprint density at radius 3 is 2.38 bits per heavy atom. The molecule has 1 aromatic carbocycles. The summed E-state index contributed by atoms with van der Waals surface area (Å²) in [6.45, 7) is 6.72. The fourth-order valence-electron chi connectivity index (χ4n) is 2.80. The second-order valence-electron chi connectivity index (χ2n) is 7.29. The van der Waals surface area contributed by atoms with E-state index in [1.165, 1.54) is 19.2 Å². The second kappa shape index (κ2) is 8.67. The molecule has 1 fully saturated rings. The third-order valence-electron chi connectivity index (χ3n) is 4.06. The summed E-state index contributed by atoms with van der Waals surface area (Å²) in [7, 11) is -2.14. The number of methoxy groups -OCH3 is 1. The molecular weight excluding hydrogens is 378 g/mol. The van der Waals surface area contributed by atoms with E-state index >= 15 is 0 Å². The summed E-state index contributed by atoms with van der Waals surface area (Å²) >= 11 is 0. The van der Waals surface area contributed by atoms with Crippen LogP contribution in [0.15, 0.2) is 29.2 Å². The molecule has 0 unspecified atom stereocenters. The lowest BCUT2D eigenvalue weighted by atomic mass is 9.91. The highest BCUT2D eigenvalue weighted by atomic mass is 35.5.